The third kappa shape index (κ3) is 5.74. The summed E-state index contributed by atoms with van der Waals surface area (Å²) < 4.78 is 7.40. The Hall–Kier alpha value is -2.19. The van der Waals surface area contributed by atoms with Gasteiger partial charge in [0.05, 0.1) is 12.8 Å². The largest absolute Gasteiger partial charge is 0.496 e. The average Bonchev–Trinajstić information content (AvgIpc) is 3.27. The predicted octanol–water partition coefficient (Wildman–Crippen LogP) is 3.66. The first-order valence-electron chi connectivity index (χ1n) is 10.3. The molecule has 2 atom stereocenters. The third-order valence-corrected chi connectivity index (χ3v) is 5.53. The van der Waals surface area contributed by atoms with E-state index in [2.05, 4.69) is 62.6 Å². The summed E-state index contributed by atoms with van der Waals surface area (Å²) in [5.74, 6) is 1.71. The van der Waals surface area contributed by atoms with Gasteiger partial charge in [-0.2, -0.15) is 4.68 Å². The van der Waals surface area contributed by atoms with Crippen molar-refractivity contribution in [2.75, 3.05) is 13.7 Å². The number of nitrogens with zero attached hydrogens (tertiary/aromatic N) is 4. The van der Waals surface area contributed by atoms with Gasteiger partial charge in [0.15, 0.2) is 5.82 Å². The van der Waals surface area contributed by atoms with Crippen molar-refractivity contribution in [3.8, 4) is 11.4 Å². The van der Waals surface area contributed by atoms with Crippen LogP contribution in [0.25, 0.3) is 5.69 Å². The summed E-state index contributed by atoms with van der Waals surface area (Å²) in [6.07, 6.45) is 3.09. The Morgan fingerprint density at radius 1 is 1.16 bits per heavy atom. The fraction of sp³-hybridized carbons (Fsp3) is 0.409. The molecular weight excluding hydrogens is 435 g/mol. The Kier molecular flexibility index (Phi) is 9.71. The van der Waals surface area contributed by atoms with Crippen molar-refractivity contribution in [2.45, 2.75) is 44.8 Å². The lowest BCUT2D eigenvalue weighted by atomic mass is 9.92. The third-order valence-electron chi connectivity index (χ3n) is 5.53. The van der Waals surface area contributed by atoms with Crippen LogP contribution in [0.5, 0.6) is 5.75 Å². The first-order chi connectivity index (χ1) is 14.3. The smallest absolute Gasteiger partial charge is 0.156 e. The van der Waals surface area contributed by atoms with Gasteiger partial charge in [-0.15, -0.1) is 29.9 Å². The molecule has 0 amide bonds. The second kappa shape index (κ2) is 12.0. The van der Waals surface area contributed by atoms with Crippen molar-refractivity contribution in [2.24, 2.45) is 0 Å². The number of aromatic nitrogens is 4. The van der Waals surface area contributed by atoms with E-state index < -0.39 is 0 Å². The normalized spacial score (nSPS) is 18.0. The van der Waals surface area contributed by atoms with Gasteiger partial charge in [0.25, 0.3) is 0 Å². The van der Waals surface area contributed by atoms with E-state index in [1.807, 2.05) is 19.1 Å². The maximum Gasteiger partial charge on any atom is 0.156 e. The van der Waals surface area contributed by atoms with Crippen LogP contribution in [0, 0.1) is 0 Å². The quantitative estimate of drug-likeness (QED) is 0.555. The molecule has 168 valence electrons. The summed E-state index contributed by atoms with van der Waals surface area (Å²) in [4.78, 5) is 0. The molecule has 0 spiro atoms. The van der Waals surface area contributed by atoms with Gasteiger partial charge in [-0.25, -0.2) is 0 Å². The molecule has 3 aromatic rings. The van der Waals surface area contributed by atoms with Crippen LogP contribution in [0.3, 0.4) is 0 Å². The van der Waals surface area contributed by atoms with E-state index in [1.54, 1.807) is 11.8 Å². The lowest BCUT2D eigenvalue weighted by molar-refractivity contribution is 0.303. The number of tetrazole rings is 1. The highest BCUT2D eigenvalue weighted by Gasteiger charge is 2.25. The molecule has 7 nitrogen and oxygen atoms in total. The van der Waals surface area contributed by atoms with Crippen molar-refractivity contribution < 1.29 is 4.74 Å². The van der Waals surface area contributed by atoms with Gasteiger partial charge < -0.3 is 15.4 Å². The van der Waals surface area contributed by atoms with E-state index in [4.69, 9.17) is 4.74 Å². The molecule has 4 rings (SSSR count). The number of ether oxygens (including phenoxy) is 1. The molecule has 31 heavy (non-hydrogen) atoms. The van der Waals surface area contributed by atoms with Crippen LogP contribution < -0.4 is 15.4 Å². The maximum atomic E-state index is 5.61. The second-order valence-electron chi connectivity index (χ2n) is 7.33. The number of hydrogen-bond acceptors (Lipinski definition) is 6. The minimum Gasteiger partial charge on any atom is -0.496 e. The minimum atomic E-state index is 0. The van der Waals surface area contributed by atoms with Gasteiger partial charge in [0, 0.05) is 30.6 Å². The van der Waals surface area contributed by atoms with Crippen molar-refractivity contribution in [3.05, 3.63) is 65.5 Å². The fourth-order valence-corrected chi connectivity index (χ4v) is 4.02. The van der Waals surface area contributed by atoms with Crippen LogP contribution in [0.4, 0.5) is 0 Å². The maximum absolute atomic E-state index is 5.61. The van der Waals surface area contributed by atoms with Gasteiger partial charge in [-0.3, -0.25) is 0 Å². The Balaban J connectivity index is 0.00000171. The number of aryl methyl sites for hydroxylation is 1. The standard InChI is InChI=1S/C22H28N6O.2ClH/c1-3-21-25-26-27-28(21)18-11-12-20(29-2)17(14-18)15-24-19-10-7-13-23-22(19)16-8-5-4-6-9-16;;/h4-6,8-9,11-12,14,19,22-24H,3,7,10,13,15H2,1-2H3;2*1H/t19-,22-;;/m1../s1. The van der Waals surface area contributed by atoms with Crippen molar-refractivity contribution >= 4 is 24.8 Å². The average molecular weight is 465 g/mol. The minimum absolute atomic E-state index is 0. The number of piperidine rings is 1. The summed E-state index contributed by atoms with van der Waals surface area (Å²) >= 11 is 0. The number of rotatable bonds is 7. The van der Waals surface area contributed by atoms with Crippen LogP contribution >= 0.6 is 24.8 Å². The SMILES string of the molecule is CCc1nnnn1-c1ccc(OC)c(CN[C@@H]2CCCN[C@@H]2c2ccccc2)c1.Cl.Cl. The van der Waals surface area contributed by atoms with E-state index in [-0.39, 0.29) is 24.8 Å². The molecule has 2 heterocycles. The first kappa shape index (κ1) is 25.1. The van der Waals surface area contributed by atoms with E-state index >= 15 is 0 Å². The highest BCUT2D eigenvalue weighted by molar-refractivity contribution is 5.85. The van der Waals surface area contributed by atoms with Gasteiger partial charge >= 0.3 is 0 Å². The summed E-state index contributed by atoms with van der Waals surface area (Å²) in [7, 11) is 1.71. The number of benzene rings is 2. The molecule has 0 saturated carbocycles. The van der Waals surface area contributed by atoms with Gasteiger partial charge in [-0.1, -0.05) is 37.3 Å². The number of methoxy groups -OCH3 is 1. The monoisotopic (exact) mass is 464 g/mol. The Morgan fingerprint density at radius 3 is 2.71 bits per heavy atom. The molecule has 1 saturated heterocycles. The Morgan fingerprint density at radius 2 is 1.97 bits per heavy atom. The Bertz CT molecular complexity index is 937. The van der Waals surface area contributed by atoms with Crippen molar-refractivity contribution in [1.82, 2.24) is 30.8 Å². The second-order valence-corrected chi connectivity index (χ2v) is 7.33. The first-order valence-corrected chi connectivity index (χ1v) is 10.3. The zero-order valence-corrected chi connectivity index (χ0v) is 19.5. The van der Waals surface area contributed by atoms with Gasteiger partial charge in [0.2, 0.25) is 0 Å². The summed E-state index contributed by atoms with van der Waals surface area (Å²) in [6.45, 7) is 3.82. The zero-order chi connectivity index (χ0) is 20.1. The number of hydrogen-bond donors (Lipinski definition) is 2. The van der Waals surface area contributed by atoms with Crippen molar-refractivity contribution in [1.29, 1.82) is 0 Å². The molecular formula is C22H30Cl2N6O. The van der Waals surface area contributed by atoms with E-state index in [9.17, 15) is 0 Å². The summed E-state index contributed by atoms with van der Waals surface area (Å²) in [6, 6.07) is 17.4. The van der Waals surface area contributed by atoms with Gasteiger partial charge in [-0.05, 0) is 53.6 Å². The molecule has 9 heteroatoms. The molecule has 1 aliphatic rings. The van der Waals surface area contributed by atoms with E-state index in [0.29, 0.717) is 12.1 Å². The fourth-order valence-electron chi connectivity index (χ4n) is 4.02. The van der Waals surface area contributed by atoms with Crippen molar-refractivity contribution in [3.63, 3.8) is 0 Å². The summed E-state index contributed by atoms with van der Waals surface area (Å²) in [5, 5.41) is 19.5. The Labute approximate surface area is 195 Å². The van der Waals surface area contributed by atoms with Crippen LogP contribution in [0.1, 0.15) is 42.8 Å². The molecule has 0 aliphatic carbocycles. The van der Waals surface area contributed by atoms with Crippen LogP contribution in [-0.4, -0.2) is 39.9 Å². The molecule has 2 N–H and O–H groups in total. The highest BCUT2D eigenvalue weighted by atomic mass is 35.5. The lowest BCUT2D eigenvalue weighted by Crippen LogP contribution is -2.45. The molecule has 1 fully saturated rings. The molecule has 1 aromatic heterocycles. The molecule has 0 bridgehead atoms. The number of halogens is 2. The van der Waals surface area contributed by atoms with Crippen LogP contribution in [0.2, 0.25) is 0 Å². The van der Waals surface area contributed by atoms with Crippen LogP contribution in [0.15, 0.2) is 48.5 Å². The van der Waals surface area contributed by atoms with E-state index in [0.717, 1.165) is 48.8 Å². The zero-order valence-electron chi connectivity index (χ0n) is 17.8. The molecule has 0 unspecified atom stereocenters. The molecule has 2 aromatic carbocycles. The van der Waals surface area contributed by atoms with Crippen LogP contribution in [-0.2, 0) is 13.0 Å². The van der Waals surface area contributed by atoms with E-state index in [1.165, 1.54) is 12.0 Å². The molecule has 1 aliphatic heterocycles. The number of nitrogens with one attached hydrogen (secondary N) is 2. The van der Waals surface area contributed by atoms with Gasteiger partial charge in [0.1, 0.15) is 5.75 Å². The molecule has 0 radical (unpaired) electrons. The lowest BCUT2D eigenvalue weighted by Gasteiger charge is -2.34. The topological polar surface area (TPSA) is 76.9 Å². The highest BCUT2D eigenvalue weighted by Crippen LogP contribution is 2.26. The predicted molar refractivity (Wildman–Crippen MR) is 127 cm³/mol. The summed E-state index contributed by atoms with van der Waals surface area (Å²) in [5.41, 5.74) is 3.37.